The molecule has 0 bridgehead atoms. The fourth-order valence-corrected chi connectivity index (χ4v) is 4.02. The fraction of sp³-hybridized carbons (Fsp3) is 0.316. The quantitative estimate of drug-likeness (QED) is 0.772. The zero-order valence-electron chi connectivity index (χ0n) is 14.4. The van der Waals surface area contributed by atoms with Gasteiger partial charge in [0.05, 0.1) is 13.4 Å². The van der Waals surface area contributed by atoms with Gasteiger partial charge in [0.2, 0.25) is 0 Å². The number of rotatable bonds is 4. The number of imidazole rings is 1. The number of nitrogens with one attached hydrogen (secondary N) is 1. The number of aromatic nitrogens is 2. The standard InChI is InChI=1S/C19H21N3O2S/c1-13-3-4-18(25-13)14-7-15-10-22(11-16-9-20-12-21-16)5-6-24-19(15)17(8-14)23-2/h3-4,7-9,12H,5-6,10-11H2,1-2H3,(H,20,21). The van der Waals surface area contributed by atoms with Crippen LogP contribution in [0.3, 0.4) is 0 Å². The lowest BCUT2D eigenvalue weighted by Gasteiger charge is -2.18. The van der Waals surface area contributed by atoms with E-state index in [0.29, 0.717) is 6.61 Å². The van der Waals surface area contributed by atoms with Crippen molar-refractivity contribution in [1.82, 2.24) is 14.9 Å². The van der Waals surface area contributed by atoms with E-state index in [-0.39, 0.29) is 0 Å². The fourth-order valence-electron chi connectivity index (χ4n) is 3.17. The first-order valence-corrected chi connectivity index (χ1v) is 9.14. The number of ether oxygens (including phenoxy) is 2. The minimum absolute atomic E-state index is 0.648. The summed E-state index contributed by atoms with van der Waals surface area (Å²) < 4.78 is 11.7. The first kappa shape index (κ1) is 16.2. The highest BCUT2D eigenvalue weighted by atomic mass is 32.1. The number of benzene rings is 1. The van der Waals surface area contributed by atoms with Gasteiger partial charge < -0.3 is 14.5 Å². The monoisotopic (exact) mass is 355 g/mol. The average Bonchev–Trinajstić information content (AvgIpc) is 3.22. The second-order valence-corrected chi connectivity index (χ2v) is 7.50. The highest BCUT2D eigenvalue weighted by molar-refractivity contribution is 7.15. The normalized spacial score (nSPS) is 14.6. The van der Waals surface area contributed by atoms with E-state index in [0.717, 1.165) is 42.4 Å². The lowest BCUT2D eigenvalue weighted by atomic mass is 10.1. The molecular weight excluding hydrogens is 334 g/mol. The van der Waals surface area contributed by atoms with Crippen LogP contribution in [0.4, 0.5) is 0 Å². The van der Waals surface area contributed by atoms with Crippen LogP contribution in [0, 0.1) is 6.92 Å². The minimum atomic E-state index is 0.648. The van der Waals surface area contributed by atoms with E-state index in [4.69, 9.17) is 9.47 Å². The average molecular weight is 355 g/mol. The van der Waals surface area contributed by atoms with Crippen molar-refractivity contribution in [2.75, 3.05) is 20.3 Å². The molecule has 1 aliphatic heterocycles. The second kappa shape index (κ2) is 6.90. The summed E-state index contributed by atoms with van der Waals surface area (Å²) in [7, 11) is 1.70. The van der Waals surface area contributed by atoms with Crippen molar-refractivity contribution in [3.05, 3.63) is 52.9 Å². The van der Waals surface area contributed by atoms with Gasteiger partial charge in [-0.15, -0.1) is 11.3 Å². The van der Waals surface area contributed by atoms with Crippen molar-refractivity contribution in [2.24, 2.45) is 0 Å². The summed E-state index contributed by atoms with van der Waals surface area (Å²) in [6, 6.07) is 8.63. The van der Waals surface area contributed by atoms with Gasteiger partial charge in [-0.3, -0.25) is 4.90 Å². The molecule has 1 aliphatic rings. The first-order valence-electron chi connectivity index (χ1n) is 8.33. The lowest BCUT2D eigenvalue weighted by Crippen LogP contribution is -2.25. The van der Waals surface area contributed by atoms with Crippen LogP contribution in [-0.4, -0.2) is 35.1 Å². The lowest BCUT2D eigenvalue weighted by molar-refractivity contribution is 0.215. The van der Waals surface area contributed by atoms with E-state index in [2.05, 4.69) is 46.1 Å². The van der Waals surface area contributed by atoms with Gasteiger partial charge in [0.15, 0.2) is 11.5 Å². The molecule has 130 valence electrons. The van der Waals surface area contributed by atoms with E-state index in [1.165, 1.54) is 15.3 Å². The zero-order chi connectivity index (χ0) is 17.2. The summed E-state index contributed by atoms with van der Waals surface area (Å²) in [6.07, 6.45) is 3.59. The summed E-state index contributed by atoms with van der Waals surface area (Å²) in [4.78, 5) is 12.2. The summed E-state index contributed by atoms with van der Waals surface area (Å²) in [6.45, 7) is 5.29. The summed E-state index contributed by atoms with van der Waals surface area (Å²) in [5.41, 5.74) is 3.46. The van der Waals surface area contributed by atoms with Gasteiger partial charge in [0.25, 0.3) is 0 Å². The maximum atomic E-state index is 6.03. The summed E-state index contributed by atoms with van der Waals surface area (Å²) in [5.74, 6) is 1.67. The minimum Gasteiger partial charge on any atom is -0.493 e. The van der Waals surface area contributed by atoms with Crippen LogP contribution >= 0.6 is 11.3 Å². The Hall–Kier alpha value is -2.31. The third-order valence-electron chi connectivity index (χ3n) is 4.37. The maximum Gasteiger partial charge on any atom is 0.165 e. The van der Waals surface area contributed by atoms with Gasteiger partial charge in [-0.2, -0.15) is 0 Å². The number of fused-ring (bicyclic) bond motifs is 1. The van der Waals surface area contributed by atoms with Crippen LogP contribution in [0.2, 0.25) is 0 Å². The van der Waals surface area contributed by atoms with Crippen LogP contribution in [-0.2, 0) is 13.1 Å². The van der Waals surface area contributed by atoms with E-state index in [1.54, 1.807) is 24.8 Å². The predicted molar refractivity (Wildman–Crippen MR) is 99.2 cm³/mol. The number of thiophene rings is 1. The largest absolute Gasteiger partial charge is 0.493 e. The number of aryl methyl sites for hydroxylation is 1. The molecule has 6 heteroatoms. The molecule has 4 rings (SSSR count). The molecule has 0 aliphatic carbocycles. The number of hydrogen-bond donors (Lipinski definition) is 1. The van der Waals surface area contributed by atoms with Crippen molar-refractivity contribution in [3.8, 4) is 21.9 Å². The van der Waals surface area contributed by atoms with Crippen LogP contribution in [0.5, 0.6) is 11.5 Å². The van der Waals surface area contributed by atoms with E-state index in [1.807, 2.05) is 6.20 Å². The Morgan fingerprint density at radius 3 is 3.00 bits per heavy atom. The molecular formula is C19H21N3O2S. The van der Waals surface area contributed by atoms with Gasteiger partial charge in [-0.05, 0) is 36.8 Å². The number of nitrogens with zero attached hydrogens (tertiary/aromatic N) is 2. The molecule has 2 aromatic heterocycles. The molecule has 1 aromatic carbocycles. The SMILES string of the molecule is COc1cc(-c2ccc(C)s2)cc2c1OCCN(Cc1cnc[nH]1)C2. The molecule has 0 atom stereocenters. The van der Waals surface area contributed by atoms with Gasteiger partial charge >= 0.3 is 0 Å². The molecule has 0 unspecified atom stereocenters. The Labute approximate surface area is 151 Å². The van der Waals surface area contributed by atoms with Crippen molar-refractivity contribution >= 4 is 11.3 Å². The number of aromatic amines is 1. The molecule has 0 fully saturated rings. The highest BCUT2D eigenvalue weighted by Gasteiger charge is 2.21. The third-order valence-corrected chi connectivity index (χ3v) is 5.42. The maximum absolute atomic E-state index is 6.03. The van der Waals surface area contributed by atoms with Crippen molar-refractivity contribution in [3.63, 3.8) is 0 Å². The molecule has 0 radical (unpaired) electrons. The number of H-pyrrole nitrogens is 1. The Morgan fingerprint density at radius 1 is 1.36 bits per heavy atom. The third kappa shape index (κ3) is 3.41. The van der Waals surface area contributed by atoms with E-state index in [9.17, 15) is 0 Å². The van der Waals surface area contributed by atoms with Gasteiger partial charge in [-0.1, -0.05) is 0 Å². The van der Waals surface area contributed by atoms with Crippen LogP contribution in [0.15, 0.2) is 36.8 Å². The summed E-state index contributed by atoms with van der Waals surface area (Å²) in [5, 5.41) is 0. The van der Waals surface area contributed by atoms with E-state index < -0.39 is 0 Å². The second-order valence-electron chi connectivity index (χ2n) is 6.21. The molecule has 3 heterocycles. The smallest absolute Gasteiger partial charge is 0.165 e. The van der Waals surface area contributed by atoms with Crippen molar-refractivity contribution in [1.29, 1.82) is 0 Å². The molecule has 0 saturated heterocycles. The molecule has 3 aromatic rings. The number of hydrogen-bond acceptors (Lipinski definition) is 5. The molecule has 0 amide bonds. The molecule has 25 heavy (non-hydrogen) atoms. The molecule has 0 saturated carbocycles. The number of methoxy groups -OCH3 is 1. The van der Waals surface area contributed by atoms with Crippen molar-refractivity contribution in [2.45, 2.75) is 20.0 Å². The molecule has 1 N–H and O–H groups in total. The Balaban J connectivity index is 1.68. The first-order chi connectivity index (χ1) is 12.2. The predicted octanol–water partition coefficient (Wildman–Crippen LogP) is 3.85. The Bertz CT molecular complexity index is 858. The highest BCUT2D eigenvalue weighted by Crippen LogP contribution is 2.40. The van der Waals surface area contributed by atoms with Crippen LogP contribution < -0.4 is 9.47 Å². The molecule has 5 nitrogen and oxygen atoms in total. The Kier molecular flexibility index (Phi) is 4.46. The van der Waals surface area contributed by atoms with E-state index >= 15 is 0 Å². The van der Waals surface area contributed by atoms with Gasteiger partial charge in [-0.25, -0.2) is 4.98 Å². The van der Waals surface area contributed by atoms with Crippen molar-refractivity contribution < 1.29 is 9.47 Å². The van der Waals surface area contributed by atoms with Crippen LogP contribution in [0.1, 0.15) is 16.1 Å². The topological polar surface area (TPSA) is 50.4 Å². The van der Waals surface area contributed by atoms with Crippen LogP contribution in [0.25, 0.3) is 10.4 Å². The van der Waals surface area contributed by atoms with Gasteiger partial charge in [0.1, 0.15) is 6.61 Å². The Morgan fingerprint density at radius 2 is 2.28 bits per heavy atom. The summed E-state index contributed by atoms with van der Waals surface area (Å²) >= 11 is 1.80. The van der Waals surface area contributed by atoms with Gasteiger partial charge in [0, 0.05) is 46.8 Å². The zero-order valence-corrected chi connectivity index (χ0v) is 15.2. The molecule has 0 spiro atoms.